The SMILES string of the molecule is O=C(O)COCNC(=O)CNC(=O)C(Cc1ccccc1)NC(=O)CNC(=O)CCCCCN1C(=O)C=CC1=O. The Morgan fingerprint density at radius 3 is 2.17 bits per heavy atom. The first-order chi connectivity index (χ1) is 19.2. The quantitative estimate of drug-likeness (QED) is 0.0815. The fraction of sp³-hybridized carbons (Fsp3) is 0.423. The molecule has 0 aliphatic carbocycles. The summed E-state index contributed by atoms with van der Waals surface area (Å²) < 4.78 is 4.70. The minimum absolute atomic E-state index is 0.132. The van der Waals surface area contributed by atoms with Crippen LogP contribution in [0.2, 0.25) is 0 Å². The van der Waals surface area contributed by atoms with Crippen molar-refractivity contribution < 1.29 is 43.4 Å². The molecule has 40 heavy (non-hydrogen) atoms. The number of carboxylic acid groups (broad SMARTS) is 1. The molecule has 0 fully saturated rings. The molecule has 5 N–H and O–H groups in total. The molecule has 0 bridgehead atoms. The molecule has 0 aromatic heterocycles. The zero-order chi connectivity index (χ0) is 29.3. The van der Waals surface area contributed by atoms with Gasteiger partial charge in [0, 0.05) is 31.5 Å². The Balaban J connectivity index is 1.73. The van der Waals surface area contributed by atoms with Crippen molar-refractivity contribution >= 4 is 41.4 Å². The number of carboxylic acids is 1. The van der Waals surface area contributed by atoms with Crippen LogP contribution in [0.5, 0.6) is 0 Å². The smallest absolute Gasteiger partial charge is 0.329 e. The minimum atomic E-state index is -1.19. The molecular weight excluding hydrogens is 526 g/mol. The number of hydrogen-bond donors (Lipinski definition) is 5. The van der Waals surface area contributed by atoms with Crippen LogP contribution in [0.15, 0.2) is 42.5 Å². The van der Waals surface area contributed by atoms with E-state index >= 15 is 0 Å². The van der Waals surface area contributed by atoms with Gasteiger partial charge < -0.3 is 31.1 Å². The molecule has 2 rings (SSSR count). The van der Waals surface area contributed by atoms with Crippen molar-refractivity contribution in [2.24, 2.45) is 0 Å². The first kappa shape index (κ1) is 31.6. The van der Waals surface area contributed by atoms with Gasteiger partial charge in [0.15, 0.2) is 0 Å². The van der Waals surface area contributed by atoms with Gasteiger partial charge in [-0.2, -0.15) is 0 Å². The first-order valence-corrected chi connectivity index (χ1v) is 12.6. The van der Waals surface area contributed by atoms with Crippen molar-refractivity contribution in [1.82, 2.24) is 26.2 Å². The Morgan fingerprint density at radius 2 is 1.50 bits per heavy atom. The van der Waals surface area contributed by atoms with Crippen LogP contribution in [0.25, 0.3) is 0 Å². The maximum atomic E-state index is 12.7. The molecule has 216 valence electrons. The summed E-state index contributed by atoms with van der Waals surface area (Å²) in [5.41, 5.74) is 0.756. The number of nitrogens with zero attached hydrogens (tertiary/aromatic N) is 1. The lowest BCUT2D eigenvalue weighted by atomic mass is 10.1. The summed E-state index contributed by atoms with van der Waals surface area (Å²) in [4.78, 5) is 83.8. The highest BCUT2D eigenvalue weighted by Crippen LogP contribution is 2.08. The molecule has 1 aromatic rings. The van der Waals surface area contributed by atoms with Crippen LogP contribution in [-0.2, 0) is 44.7 Å². The second-order valence-corrected chi connectivity index (χ2v) is 8.76. The maximum absolute atomic E-state index is 12.7. The number of benzene rings is 1. The number of rotatable bonds is 18. The summed E-state index contributed by atoms with van der Waals surface area (Å²) in [5.74, 6) is -4.11. The average molecular weight is 560 g/mol. The topological polar surface area (TPSA) is 200 Å². The van der Waals surface area contributed by atoms with Crippen LogP contribution < -0.4 is 21.3 Å². The molecule has 1 aliphatic heterocycles. The molecule has 14 nitrogen and oxygen atoms in total. The van der Waals surface area contributed by atoms with Gasteiger partial charge in [0.1, 0.15) is 19.4 Å². The van der Waals surface area contributed by atoms with Crippen LogP contribution in [0.4, 0.5) is 0 Å². The van der Waals surface area contributed by atoms with E-state index in [4.69, 9.17) is 9.84 Å². The van der Waals surface area contributed by atoms with E-state index in [1.165, 1.54) is 12.2 Å². The second kappa shape index (κ2) is 17.1. The van der Waals surface area contributed by atoms with Crippen LogP contribution in [0.3, 0.4) is 0 Å². The number of aliphatic carboxylic acids is 1. The van der Waals surface area contributed by atoms with Crippen molar-refractivity contribution in [2.75, 3.05) is 33.0 Å². The second-order valence-electron chi connectivity index (χ2n) is 8.76. The van der Waals surface area contributed by atoms with E-state index in [1.54, 1.807) is 30.3 Å². The van der Waals surface area contributed by atoms with Gasteiger partial charge in [0.25, 0.3) is 11.8 Å². The summed E-state index contributed by atoms with van der Waals surface area (Å²) in [5, 5.41) is 18.3. The number of nitrogens with one attached hydrogen (secondary N) is 4. The van der Waals surface area contributed by atoms with Gasteiger partial charge in [0.05, 0.1) is 13.1 Å². The molecule has 0 radical (unpaired) electrons. The number of amides is 6. The largest absolute Gasteiger partial charge is 0.480 e. The third-order valence-electron chi connectivity index (χ3n) is 5.59. The normalized spacial score (nSPS) is 13.1. The van der Waals surface area contributed by atoms with Gasteiger partial charge in [-0.15, -0.1) is 0 Å². The molecule has 0 saturated heterocycles. The van der Waals surface area contributed by atoms with E-state index in [1.807, 2.05) is 0 Å². The van der Waals surface area contributed by atoms with Crippen molar-refractivity contribution in [3.8, 4) is 0 Å². The highest BCUT2D eigenvalue weighted by Gasteiger charge is 2.23. The Kier molecular flexibility index (Phi) is 13.5. The van der Waals surface area contributed by atoms with Crippen molar-refractivity contribution in [3.05, 3.63) is 48.0 Å². The predicted molar refractivity (Wildman–Crippen MR) is 139 cm³/mol. The maximum Gasteiger partial charge on any atom is 0.329 e. The van der Waals surface area contributed by atoms with Crippen LogP contribution in [-0.4, -0.2) is 90.4 Å². The lowest BCUT2D eigenvalue weighted by Crippen LogP contribution is -2.52. The number of unbranched alkanes of at least 4 members (excludes halogenated alkanes) is 2. The molecule has 1 aromatic carbocycles. The molecular formula is C26H33N5O9. The number of carbonyl (C=O) groups is 7. The highest BCUT2D eigenvalue weighted by atomic mass is 16.5. The monoisotopic (exact) mass is 559 g/mol. The molecule has 1 heterocycles. The minimum Gasteiger partial charge on any atom is -0.480 e. The summed E-state index contributed by atoms with van der Waals surface area (Å²) in [6, 6.07) is 7.85. The standard InChI is InChI=1S/C26H33N5O9/c32-20(9-5-2-6-12-31-23(35)10-11-24(31)36)27-15-22(34)30-19(13-18-7-3-1-4-8-18)26(39)28-14-21(33)29-17-40-16-25(37)38/h1,3-4,7-8,10-11,19H,2,5-6,9,12-17H2,(H,27,32)(H,28,39)(H,29,33)(H,30,34)(H,37,38). The predicted octanol–water partition coefficient (Wildman–Crippen LogP) is -1.39. The molecule has 6 amide bonds. The van der Waals surface area contributed by atoms with Gasteiger partial charge >= 0.3 is 5.97 Å². The van der Waals surface area contributed by atoms with Crippen LogP contribution in [0, 0.1) is 0 Å². The van der Waals surface area contributed by atoms with Gasteiger partial charge in [-0.1, -0.05) is 36.8 Å². The van der Waals surface area contributed by atoms with Gasteiger partial charge in [0.2, 0.25) is 23.6 Å². The van der Waals surface area contributed by atoms with Gasteiger partial charge in [-0.05, 0) is 18.4 Å². The zero-order valence-corrected chi connectivity index (χ0v) is 21.9. The Morgan fingerprint density at radius 1 is 0.825 bits per heavy atom. The molecule has 0 saturated carbocycles. The first-order valence-electron chi connectivity index (χ1n) is 12.6. The van der Waals surface area contributed by atoms with E-state index in [0.717, 1.165) is 10.5 Å². The third kappa shape index (κ3) is 12.3. The fourth-order valence-corrected chi connectivity index (χ4v) is 3.58. The number of imide groups is 1. The summed E-state index contributed by atoms with van der Waals surface area (Å²) in [7, 11) is 0. The lowest BCUT2D eigenvalue weighted by Gasteiger charge is -2.19. The molecule has 1 atom stereocenters. The van der Waals surface area contributed by atoms with E-state index in [9.17, 15) is 33.6 Å². The number of hydrogen-bond acceptors (Lipinski definition) is 8. The highest BCUT2D eigenvalue weighted by molar-refractivity contribution is 6.12. The van der Waals surface area contributed by atoms with Crippen LogP contribution in [0.1, 0.15) is 31.2 Å². The fourth-order valence-electron chi connectivity index (χ4n) is 3.58. The summed E-state index contributed by atoms with van der Waals surface area (Å²) >= 11 is 0. The van der Waals surface area contributed by atoms with Gasteiger partial charge in [-0.3, -0.25) is 33.7 Å². The van der Waals surface area contributed by atoms with Crippen LogP contribution >= 0.6 is 0 Å². The molecule has 0 spiro atoms. The molecule has 1 aliphatic rings. The van der Waals surface area contributed by atoms with E-state index in [2.05, 4.69) is 21.3 Å². The van der Waals surface area contributed by atoms with E-state index in [-0.39, 0.29) is 50.4 Å². The Bertz CT molecular complexity index is 1090. The van der Waals surface area contributed by atoms with Gasteiger partial charge in [-0.25, -0.2) is 4.79 Å². The van der Waals surface area contributed by atoms with E-state index in [0.29, 0.717) is 19.3 Å². The Hall–Kier alpha value is -4.59. The number of ether oxygens (including phenoxy) is 1. The Labute approximate surface area is 230 Å². The van der Waals surface area contributed by atoms with Crippen molar-refractivity contribution in [3.63, 3.8) is 0 Å². The lowest BCUT2D eigenvalue weighted by molar-refractivity contribution is -0.143. The van der Waals surface area contributed by atoms with Crippen molar-refractivity contribution in [2.45, 2.75) is 38.1 Å². The van der Waals surface area contributed by atoms with E-state index < -0.39 is 42.9 Å². The average Bonchev–Trinajstić information content (AvgIpc) is 3.25. The van der Waals surface area contributed by atoms with Crippen molar-refractivity contribution in [1.29, 1.82) is 0 Å². The molecule has 14 heteroatoms. The summed E-state index contributed by atoms with van der Waals surface area (Å²) in [6.45, 7) is -1.44. The third-order valence-corrected chi connectivity index (χ3v) is 5.59. The summed E-state index contributed by atoms with van der Waals surface area (Å²) in [6.07, 6.45) is 4.37. The zero-order valence-electron chi connectivity index (χ0n) is 21.9. The molecule has 1 unspecified atom stereocenters. The number of carbonyl (C=O) groups excluding carboxylic acids is 6.